The number of hydrogen-bond acceptors (Lipinski definition) is 11. The third-order valence-corrected chi connectivity index (χ3v) is 18.0. The van der Waals surface area contributed by atoms with Crippen molar-refractivity contribution in [2.24, 2.45) is 5.41 Å². The number of fused-ring (bicyclic) bond motifs is 1. The molecule has 348 valence electrons. The molecule has 0 bridgehead atoms. The Labute approximate surface area is 391 Å². The summed E-state index contributed by atoms with van der Waals surface area (Å²) in [5.74, 6) is -0.461. The van der Waals surface area contributed by atoms with Gasteiger partial charge in [-0.15, -0.1) is 0 Å². The average Bonchev–Trinajstić information content (AvgIpc) is 3.93. The van der Waals surface area contributed by atoms with Crippen molar-refractivity contribution in [1.29, 1.82) is 0 Å². The van der Waals surface area contributed by atoms with E-state index in [0.29, 0.717) is 42.1 Å². The van der Waals surface area contributed by atoms with E-state index >= 15 is 0 Å². The topological polar surface area (TPSA) is 171 Å². The number of hydrogen-bond donors (Lipinski definition) is 2. The Morgan fingerprint density at radius 3 is 2.42 bits per heavy atom. The van der Waals surface area contributed by atoms with Gasteiger partial charge >= 0.3 is 0 Å². The van der Waals surface area contributed by atoms with Gasteiger partial charge in [0.1, 0.15) is 17.1 Å². The first-order chi connectivity index (χ1) is 31.4. The van der Waals surface area contributed by atoms with Crippen molar-refractivity contribution < 1.29 is 27.4 Å². The molecule has 66 heavy (non-hydrogen) atoms. The second kappa shape index (κ2) is 18.2. The number of sulfonamides is 1. The fourth-order valence-electron chi connectivity index (χ4n) is 9.91. The van der Waals surface area contributed by atoms with E-state index in [1.807, 2.05) is 24.9 Å². The predicted molar refractivity (Wildman–Crippen MR) is 260 cm³/mol. The van der Waals surface area contributed by atoms with Gasteiger partial charge in [-0.2, -0.15) is 0 Å². The number of H-pyrrole nitrogens is 1. The molecule has 1 saturated carbocycles. The lowest BCUT2D eigenvalue weighted by Gasteiger charge is -2.39. The number of rotatable bonds is 14. The van der Waals surface area contributed by atoms with Gasteiger partial charge in [0.25, 0.3) is 21.6 Å². The van der Waals surface area contributed by atoms with Crippen LogP contribution in [0.15, 0.2) is 95.7 Å². The summed E-state index contributed by atoms with van der Waals surface area (Å²) in [6.07, 6.45) is 10.8. The lowest BCUT2D eigenvalue weighted by Crippen LogP contribution is -2.47. The number of allylic oxidation sites excluding steroid dienone is 1. The fraction of sp³-hybridized carbons (Fsp3) is 0.429. The van der Waals surface area contributed by atoms with E-state index in [4.69, 9.17) is 16.3 Å². The summed E-state index contributed by atoms with van der Waals surface area (Å²) in [5.41, 5.74) is 5.80. The second-order valence-electron chi connectivity index (χ2n) is 19.5. The van der Waals surface area contributed by atoms with Crippen LogP contribution in [0.4, 0.5) is 11.4 Å². The number of amides is 1. The summed E-state index contributed by atoms with van der Waals surface area (Å²) >= 11 is 6.25. The number of nitrogens with one attached hydrogen (secondary N) is 2. The number of piperazine rings is 1. The highest BCUT2D eigenvalue weighted by Gasteiger charge is 2.49. The zero-order valence-electron chi connectivity index (χ0n) is 37.7. The van der Waals surface area contributed by atoms with E-state index < -0.39 is 32.9 Å². The maximum absolute atomic E-state index is 14.0. The number of halogens is 1. The summed E-state index contributed by atoms with van der Waals surface area (Å²) in [6.45, 7) is 12.0. The number of anilines is 1. The number of benzene rings is 3. The number of ether oxygens (including phenoxy) is 1. The fourth-order valence-corrected chi connectivity index (χ4v) is 12.6. The molecule has 1 amide bonds. The van der Waals surface area contributed by atoms with Crippen LogP contribution in [0, 0.1) is 15.5 Å². The summed E-state index contributed by atoms with van der Waals surface area (Å²) in [6, 6.07) is 20.7. The van der Waals surface area contributed by atoms with E-state index in [1.54, 1.807) is 30.5 Å². The van der Waals surface area contributed by atoms with Crippen LogP contribution >= 0.6 is 18.7 Å². The molecule has 2 aliphatic carbocycles. The molecule has 3 fully saturated rings. The molecule has 5 aromatic rings. The molecular formula is C49H57ClN7O7PS. The number of pyridine rings is 1. The molecule has 3 aromatic carbocycles. The number of aryl methyl sites for hydroxylation is 1. The van der Waals surface area contributed by atoms with Crippen LogP contribution in [0.5, 0.6) is 11.5 Å². The molecule has 2 N–H and O–H groups in total. The monoisotopic (exact) mass is 953 g/mol. The number of aromatic nitrogens is 2. The first kappa shape index (κ1) is 46.1. The molecule has 4 aliphatic rings. The Kier molecular flexibility index (Phi) is 12.7. The highest BCUT2D eigenvalue weighted by molar-refractivity contribution is 7.90. The van der Waals surface area contributed by atoms with Crippen LogP contribution in [-0.4, -0.2) is 109 Å². The van der Waals surface area contributed by atoms with Gasteiger partial charge in [-0.1, -0.05) is 49.2 Å². The zero-order valence-corrected chi connectivity index (χ0v) is 40.2. The van der Waals surface area contributed by atoms with Crippen LogP contribution in [0.3, 0.4) is 0 Å². The quantitative estimate of drug-likeness (QED) is 0.0617. The maximum atomic E-state index is 14.0. The van der Waals surface area contributed by atoms with Crippen LogP contribution in [-0.2, 0) is 21.0 Å². The minimum atomic E-state index is -4.57. The Hall–Kier alpha value is -5.05. The molecular weight excluding hydrogens is 897 g/mol. The number of carbonyl (C=O) groups excluding carboxylic acids is 1. The molecule has 0 spiro atoms. The first-order valence-electron chi connectivity index (χ1n) is 22.8. The largest absolute Gasteiger partial charge is 0.455 e. The lowest BCUT2D eigenvalue weighted by molar-refractivity contribution is -0.385. The molecule has 2 aromatic heterocycles. The molecule has 14 nitrogen and oxygen atoms in total. The van der Waals surface area contributed by atoms with Gasteiger partial charge in [-0.25, -0.2) is 18.1 Å². The molecule has 9 rings (SSSR count). The molecule has 0 radical (unpaired) electrons. The Balaban J connectivity index is 0.915. The van der Waals surface area contributed by atoms with Crippen molar-refractivity contribution in [1.82, 2.24) is 24.5 Å². The number of carbonyl (C=O) groups is 1. The smallest absolute Gasteiger partial charge is 0.273 e. The third-order valence-electron chi connectivity index (χ3n) is 14.2. The first-order valence-corrected chi connectivity index (χ1v) is 27.2. The van der Waals surface area contributed by atoms with Crippen molar-refractivity contribution in [2.75, 3.05) is 69.7 Å². The van der Waals surface area contributed by atoms with Gasteiger partial charge in [0.2, 0.25) is 0 Å². The van der Waals surface area contributed by atoms with Gasteiger partial charge in [-0.05, 0) is 111 Å². The van der Waals surface area contributed by atoms with Crippen LogP contribution in [0.25, 0.3) is 16.6 Å². The Morgan fingerprint density at radius 2 is 1.71 bits per heavy atom. The molecule has 2 aliphatic heterocycles. The molecule has 4 heterocycles. The van der Waals surface area contributed by atoms with Crippen molar-refractivity contribution in [3.63, 3.8) is 0 Å². The van der Waals surface area contributed by atoms with Crippen molar-refractivity contribution in [3.8, 4) is 11.5 Å². The summed E-state index contributed by atoms with van der Waals surface area (Å²) in [7, 11) is -6.67. The summed E-state index contributed by atoms with van der Waals surface area (Å²) < 4.78 is 48.8. The second-order valence-corrected chi connectivity index (χ2v) is 25.1. The van der Waals surface area contributed by atoms with Crippen LogP contribution in [0.2, 0.25) is 5.02 Å². The SMILES string of the molecule is CC1(C)CCC(CN2CCN(c3ccc(C(=O)NS(=O)(=O)c4ccc(CCC5(N6CCP(C)(=O)CC6)CC5)c([N+](=O)[O-])c4)c(Oc4cnc5[nH]ccc5c4)c3)CC2)=C(c2ccc(Cl)cc2)C1. The third kappa shape index (κ3) is 10.3. The maximum Gasteiger partial charge on any atom is 0.273 e. The number of nitrogens with zero attached hydrogens (tertiary/aromatic N) is 5. The van der Waals surface area contributed by atoms with Gasteiger partial charge in [0.15, 0.2) is 0 Å². The van der Waals surface area contributed by atoms with Crippen molar-refractivity contribution >= 4 is 62.7 Å². The minimum Gasteiger partial charge on any atom is -0.455 e. The van der Waals surface area contributed by atoms with E-state index in [2.05, 4.69) is 55.4 Å². The minimum absolute atomic E-state index is 0.0324. The molecule has 17 heteroatoms. The van der Waals surface area contributed by atoms with E-state index in [0.717, 1.165) is 100 Å². The molecule has 0 atom stereocenters. The van der Waals surface area contributed by atoms with Crippen molar-refractivity contribution in [2.45, 2.75) is 69.2 Å². The normalized spacial score (nSPS) is 19.7. The Bertz CT molecular complexity index is 2860. The number of nitro groups is 1. The highest BCUT2D eigenvalue weighted by atomic mass is 35.5. The predicted octanol–water partition coefficient (Wildman–Crippen LogP) is 9.60. The zero-order chi connectivity index (χ0) is 46.4. The van der Waals surface area contributed by atoms with Gasteiger partial charge < -0.3 is 19.2 Å². The summed E-state index contributed by atoms with van der Waals surface area (Å²) in [4.78, 5) is 40.0. The van der Waals surface area contributed by atoms with Gasteiger partial charge in [0, 0.05) is 104 Å². The van der Waals surface area contributed by atoms with Gasteiger partial charge in [-0.3, -0.25) is 24.7 Å². The average molecular weight is 955 g/mol. The highest BCUT2D eigenvalue weighted by Crippen LogP contribution is 2.51. The molecule has 2 saturated heterocycles. The van der Waals surface area contributed by atoms with Gasteiger partial charge in [0.05, 0.1) is 28.7 Å². The van der Waals surface area contributed by atoms with Crippen LogP contribution < -0.4 is 14.4 Å². The van der Waals surface area contributed by atoms with Crippen LogP contribution in [0.1, 0.15) is 73.9 Å². The van der Waals surface area contributed by atoms with E-state index in [-0.39, 0.29) is 28.0 Å². The van der Waals surface area contributed by atoms with E-state index in [9.17, 15) is 27.9 Å². The van der Waals surface area contributed by atoms with E-state index in [1.165, 1.54) is 35.0 Å². The standard InChI is InChI=1S/C49H57ClN7O7PS/c1-48(2)15-12-37(43(31-48)34-4-7-38(50)8-5-34)33-54-20-22-55(23-21-54)39-9-11-42(45(29-39)64-40-28-36-14-19-51-46(36)52-32-40)47(58)53-66(62,63)41-10-6-35(44(30-41)57(59)60)13-16-49(17-18-49)56-24-26-65(3,61)27-25-56/h4-11,14,19,28-30,32H,12-13,15-18,20-27,31,33H2,1-3H3,(H,51,52)(H,53,58). The lowest BCUT2D eigenvalue weighted by atomic mass is 9.72. The number of aromatic amines is 1. The summed E-state index contributed by atoms with van der Waals surface area (Å²) in [5, 5.41) is 13.9. The number of nitro benzene ring substituents is 1. The van der Waals surface area contributed by atoms with Crippen molar-refractivity contribution in [3.05, 3.63) is 123 Å². The molecule has 0 unspecified atom stereocenters. The Morgan fingerprint density at radius 1 is 0.970 bits per heavy atom.